The van der Waals surface area contributed by atoms with E-state index < -0.39 is 0 Å². The largest absolute Gasteiger partial charge is 0.376 e. The summed E-state index contributed by atoms with van der Waals surface area (Å²) in [5, 5.41) is 11.5. The topological polar surface area (TPSA) is 99.3 Å². The molecule has 3 amide bonds. The zero-order chi connectivity index (χ0) is 21.1. The van der Waals surface area contributed by atoms with Crippen LogP contribution in [0.25, 0.3) is 0 Å². The number of benzene rings is 2. The molecule has 0 saturated carbocycles. The molecule has 0 atom stereocenters. The molecule has 2 aromatic rings. The van der Waals surface area contributed by atoms with E-state index in [2.05, 4.69) is 21.3 Å². The lowest BCUT2D eigenvalue weighted by Gasteiger charge is -2.10. The van der Waals surface area contributed by atoms with Crippen LogP contribution in [0.3, 0.4) is 0 Å². The van der Waals surface area contributed by atoms with E-state index in [9.17, 15) is 14.4 Å². The Morgan fingerprint density at radius 3 is 1.69 bits per heavy atom. The zero-order valence-corrected chi connectivity index (χ0v) is 16.9. The van der Waals surface area contributed by atoms with E-state index in [0.29, 0.717) is 24.2 Å². The second-order valence-electron chi connectivity index (χ2n) is 6.66. The average Bonchev–Trinajstić information content (AvgIpc) is 2.68. The standard InChI is InChI=1S/C22H28N4O3/c1-3-6-20(27)24-17-12-10-16(11-13-17)23-15-22(29)26-19-9-5-8-18(14-19)25-21(28)7-4-2/h5,8-14,23H,3-4,6-7,15H2,1-2H3,(H,24,27)(H,25,28)(H,26,29). The molecular weight excluding hydrogens is 368 g/mol. The lowest BCUT2D eigenvalue weighted by Crippen LogP contribution is -2.21. The zero-order valence-electron chi connectivity index (χ0n) is 16.9. The summed E-state index contributed by atoms with van der Waals surface area (Å²) in [4.78, 5) is 35.5. The third-order valence-corrected chi connectivity index (χ3v) is 4.01. The van der Waals surface area contributed by atoms with E-state index >= 15 is 0 Å². The number of anilines is 4. The van der Waals surface area contributed by atoms with Crippen LogP contribution in [0.5, 0.6) is 0 Å². The van der Waals surface area contributed by atoms with Gasteiger partial charge in [0.2, 0.25) is 17.7 Å². The highest BCUT2D eigenvalue weighted by Gasteiger charge is 2.06. The highest BCUT2D eigenvalue weighted by atomic mass is 16.2. The van der Waals surface area contributed by atoms with E-state index in [1.165, 1.54) is 0 Å². The maximum Gasteiger partial charge on any atom is 0.243 e. The summed E-state index contributed by atoms with van der Waals surface area (Å²) in [7, 11) is 0. The third kappa shape index (κ3) is 8.04. The van der Waals surface area contributed by atoms with Crippen molar-refractivity contribution in [1.29, 1.82) is 0 Å². The lowest BCUT2D eigenvalue weighted by molar-refractivity contribution is -0.117. The molecule has 7 heteroatoms. The Kier molecular flexibility index (Phi) is 8.69. The fraction of sp³-hybridized carbons (Fsp3) is 0.318. The summed E-state index contributed by atoms with van der Waals surface area (Å²) in [6.45, 7) is 3.99. The second kappa shape index (κ2) is 11.5. The quantitative estimate of drug-likeness (QED) is 0.483. The molecule has 0 unspecified atom stereocenters. The first kappa shape index (κ1) is 21.9. The van der Waals surface area contributed by atoms with Crippen molar-refractivity contribution in [2.24, 2.45) is 0 Å². The maximum atomic E-state index is 12.2. The molecule has 0 aliphatic carbocycles. The van der Waals surface area contributed by atoms with Crippen molar-refractivity contribution in [1.82, 2.24) is 0 Å². The molecule has 154 valence electrons. The Morgan fingerprint density at radius 2 is 1.14 bits per heavy atom. The minimum Gasteiger partial charge on any atom is -0.376 e. The second-order valence-corrected chi connectivity index (χ2v) is 6.66. The van der Waals surface area contributed by atoms with Crippen molar-refractivity contribution < 1.29 is 14.4 Å². The van der Waals surface area contributed by atoms with Gasteiger partial charge in [-0.2, -0.15) is 0 Å². The van der Waals surface area contributed by atoms with Crippen LogP contribution in [0, 0.1) is 0 Å². The van der Waals surface area contributed by atoms with E-state index in [0.717, 1.165) is 24.2 Å². The normalized spacial score (nSPS) is 10.1. The highest BCUT2D eigenvalue weighted by molar-refractivity contribution is 5.96. The summed E-state index contributed by atoms with van der Waals surface area (Å²) in [6.07, 6.45) is 2.53. The first-order chi connectivity index (χ1) is 14.0. The smallest absolute Gasteiger partial charge is 0.243 e. The van der Waals surface area contributed by atoms with Crippen molar-refractivity contribution >= 4 is 40.5 Å². The van der Waals surface area contributed by atoms with Crippen LogP contribution >= 0.6 is 0 Å². The monoisotopic (exact) mass is 396 g/mol. The van der Waals surface area contributed by atoms with E-state index in [-0.39, 0.29) is 24.3 Å². The van der Waals surface area contributed by atoms with Gasteiger partial charge in [0, 0.05) is 35.6 Å². The van der Waals surface area contributed by atoms with Gasteiger partial charge in [0.1, 0.15) is 0 Å². The van der Waals surface area contributed by atoms with Gasteiger partial charge in [0.25, 0.3) is 0 Å². The molecule has 0 bridgehead atoms. The highest BCUT2D eigenvalue weighted by Crippen LogP contribution is 2.16. The number of carbonyl (C=O) groups excluding carboxylic acids is 3. The SMILES string of the molecule is CCCC(=O)Nc1ccc(NCC(=O)Nc2cccc(NC(=O)CCC)c2)cc1. The Bertz CT molecular complexity index is 834. The van der Waals surface area contributed by atoms with Gasteiger partial charge >= 0.3 is 0 Å². The first-order valence-corrected chi connectivity index (χ1v) is 9.83. The van der Waals surface area contributed by atoms with Crippen LogP contribution in [0.4, 0.5) is 22.7 Å². The van der Waals surface area contributed by atoms with Crippen molar-refractivity contribution in [2.45, 2.75) is 39.5 Å². The number of carbonyl (C=O) groups is 3. The van der Waals surface area contributed by atoms with Crippen molar-refractivity contribution in [3.05, 3.63) is 48.5 Å². The van der Waals surface area contributed by atoms with E-state index in [4.69, 9.17) is 0 Å². The van der Waals surface area contributed by atoms with E-state index in [1.807, 2.05) is 13.8 Å². The molecule has 4 N–H and O–H groups in total. The molecule has 2 aromatic carbocycles. The Labute approximate surface area is 171 Å². The van der Waals surface area contributed by atoms with E-state index in [1.54, 1.807) is 48.5 Å². The predicted octanol–water partition coefficient (Wildman–Crippen LogP) is 4.21. The molecule has 7 nitrogen and oxygen atoms in total. The fourth-order valence-corrected chi connectivity index (χ4v) is 2.63. The minimum atomic E-state index is -0.206. The molecule has 0 aliphatic rings. The van der Waals surface area contributed by atoms with Crippen LogP contribution in [0.2, 0.25) is 0 Å². The molecule has 0 fully saturated rings. The van der Waals surface area contributed by atoms with Crippen molar-refractivity contribution in [3.63, 3.8) is 0 Å². The van der Waals surface area contributed by atoms with Gasteiger partial charge in [-0.15, -0.1) is 0 Å². The molecule has 2 rings (SSSR count). The summed E-state index contributed by atoms with van der Waals surface area (Å²) < 4.78 is 0. The molecule has 0 aliphatic heterocycles. The Morgan fingerprint density at radius 1 is 0.655 bits per heavy atom. The van der Waals surface area contributed by atoms with Crippen LogP contribution in [0.1, 0.15) is 39.5 Å². The Hall–Kier alpha value is -3.35. The van der Waals surface area contributed by atoms with Crippen LogP contribution < -0.4 is 21.3 Å². The molecule has 0 radical (unpaired) electrons. The molecule has 0 heterocycles. The average molecular weight is 396 g/mol. The van der Waals surface area contributed by atoms with Crippen molar-refractivity contribution in [3.8, 4) is 0 Å². The summed E-state index contributed by atoms with van der Waals surface area (Å²) in [5.74, 6) is -0.268. The van der Waals surface area contributed by atoms with Gasteiger partial charge in [-0.3, -0.25) is 14.4 Å². The third-order valence-electron chi connectivity index (χ3n) is 4.01. The molecule has 0 saturated heterocycles. The van der Waals surface area contributed by atoms with Crippen LogP contribution in [-0.4, -0.2) is 24.3 Å². The van der Waals surface area contributed by atoms with Gasteiger partial charge < -0.3 is 21.3 Å². The molecular formula is C22H28N4O3. The summed E-state index contributed by atoms with van der Waals surface area (Å²) in [5.41, 5.74) is 2.75. The lowest BCUT2D eigenvalue weighted by atomic mass is 10.2. The number of nitrogens with one attached hydrogen (secondary N) is 4. The van der Waals surface area contributed by atoms with Crippen molar-refractivity contribution in [2.75, 3.05) is 27.8 Å². The molecule has 29 heavy (non-hydrogen) atoms. The predicted molar refractivity (Wildman–Crippen MR) is 117 cm³/mol. The molecule has 0 aromatic heterocycles. The van der Waals surface area contributed by atoms with Gasteiger partial charge in [-0.1, -0.05) is 19.9 Å². The number of hydrogen-bond donors (Lipinski definition) is 4. The van der Waals surface area contributed by atoms with Gasteiger partial charge in [0.15, 0.2) is 0 Å². The minimum absolute atomic E-state index is 0.0132. The van der Waals surface area contributed by atoms with Gasteiger partial charge in [0.05, 0.1) is 6.54 Å². The van der Waals surface area contributed by atoms with Crippen LogP contribution in [0.15, 0.2) is 48.5 Å². The maximum absolute atomic E-state index is 12.2. The number of rotatable bonds is 10. The summed E-state index contributed by atoms with van der Waals surface area (Å²) >= 11 is 0. The van der Waals surface area contributed by atoms with Crippen LogP contribution in [-0.2, 0) is 14.4 Å². The van der Waals surface area contributed by atoms with Gasteiger partial charge in [-0.05, 0) is 55.3 Å². The van der Waals surface area contributed by atoms with Gasteiger partial charge in [-0.25, -0.2) is 0 Å². The fourth-order valence-electron chi connectivity index (χ4n) is 2.63. The molecule has 0 spiro atoms. The summed E-state index contributed by atoms with van der Waals surface area (Å²) in [6, 6.07) is 14.2. The number of hydrogen-bond acceptors (Lipinski definition) is 4. The Balaban J connectivity index is 1.82. The number of amides is 3. The first-order valence-electron chi connectivity index (χ1n) is 9.83.